The van der Waals surface area contributed by atoms with Gasteiger partial charge in [-0.05, 0) is 29.2 Å². The summed E-state index contributed by atoms with van der Waals surface area (Å²) in [7, 11) is 0. The maximum atomic E-state index is 5.70. The maximum Gasteiger partial charge on any atom is 0.221 e. The van der Waals surface area contributed by atoms with Gasteiger partial charge in [-0.25, -0.2) is 4.98 Å². The summed E-state index contributed by atoms with van der Waals surface area (Å²) in [6.45, 7) is 6.51. The third-order valence-corrected chi connectivity index (χ3v) is 2.68. The largest absolute Gasteiger partial charge is 0.439 e. The number of nitrogen functional groups attached to an aromatic ring is 1. The Kier molecular flexibility index (Phi) is 3.24. The van der Waals surface area contributed by atoms with Gasteiger partial charge >= 0.3 is 0 Å². The lowest BCUT2D eigenvalue weighted by Gasteiger charge is -2.19. The average molecular weight is 242 g/mol. The number of hydrogen-bond donors (Lipinski definition) is 1. The molecule has 1 heterocycles. The van der Waals surface area contributed by atoms with Crippen molar-refractivity contribution in [2.24, 2.45) is 0 Å². The Morgan fingerprint density at radius 2 is 1.89 bits per heavy atom. The molecule has 0 unspecified atom stereocenters. The van der Waals surface area contributed by atoms with Crippen molar-refractivity contribution in [2.75, 3.05) is 5.73 Å². The van der Waals surface area contributed by atoms with E-state index in [9.17, 15) is 0 Å². The van der Waals surface area contributed by atoms with E-state index in [0.717, 1.165) is 5.75 Å². The number of ether oxygens (including phenoxy) is 1. The highest BCUT2D eigenvalue weighted by Crippen LogP contribution is 2.28. The van der Waals surface area contributed by atoms with Crippen molar-refractivity contribution >= 4 is 5.69 Å². The number of nitrogens with two attached hydrogens (primary N) is 1. The van der Waals surface area contributed by atoms with Gasteiger partial charge in [0.15, 0.2) is 0 Å². The smallest absolute Gasteiger partial charge is 0.221 e. The molecule has 18 heavy (non-hydrogen) atoms. The predicted molar refractivity (Wildman–Crippen MR) is 73.9 cm³/mol. The normalized spacial score (nSPS) is 11.3. The molecule has 3 heteroatoms. The van der Waals surface area contributed by atoms with Gasteiger partial charge in [0.2, 0.25) is 5.88 Å². The Bertz CT molecular complexity index is 544. The molecule has 0 aliphatic heterocycles. The molecule has 0 fully saturated rings. The van der Waals surface area contributed by atoms with Crippen molar-refractivity contribution in [1.82, 2.24) is 4.98 Å². The highest BCUT2D eigenvalue weighted by atomic mass is 16.5. The highest BCUT2D eigenvalue weighted by Gasteiger charge is 2.14. The lowest BCUT2D eigenvalue weighted by atomic mass is 9.87. The maximum absolute atomic E-state index is 5.70. The third kappa shape index (κ3) is 3.00. The summed E-state index contributed by atoms with van der Waals surface area (Å²) in [4.78, 5) is 4.12. The SMILES string of the molecule is CC(C)(C)c1cccc(Oc2cc(N)ccn2)c1. The van der Waals surface area contributed by atoms with Gasteiger partial charge in [0.25, 0.3) is 0 Å². The number of benzene rings is 1. The van der Waals surface area contributed by atoms with Gasteiger partial charge in [-0.15, -0.1) is 0 Å². The van der Waals surface area contributed by atoms with E-state index in [-0.39, 0.29) is 5.41 Å². The minimum absolute atomic E-state index is 0.0997. The van der Waals surface area contributed by atoms with E-state index in [1.165, 1.54) is 5.56 Å². The fraction of sp³-hybridized carbons (Fsp3) is 0.267. The minimum Gasteiger partial charge on any atom is -0.439 e. The summed E-state index contributed by atoms with van der Waals surface area (Å²) in [6.07, 6.45) is 1.64. The van der Waals surface area contributed by atoms with Gasteiger partial charge in [0, 0.05) is 18.0 Å². The zero-order chi connectivity index (χ0) is 13.2. The van der Waals surface area contributed by atoms with E-state index >= 15 is 0 Å². The number of rotatable bonds is 2. The lowest BCUT2D eigenvalue weighted by Crippen LogP contribution is -2.10. The molecule has 0 radical (unpaired) electrons. The van der Waals surface area contributed by atoms with Gasteiger partial charge in [0.1, 0.15) is 5.75 Å². The minimum atomic E-state index is 0.0997. The van der Waals surface area contributed by atoms with E-state index in [0.29, 0.717) is 11.6 Å². The fourth-order valence-corrected chi connectivity index (χ4v) is 1.63. The first-order valence-electron chi connectivity index (χ1n) is 5.95. The van der Waals surface area contributed by atoms with Crippen LogP contribution in [0, 0.1) is 0 Å². The first-order valence-corrected chi connectivity index (χ1v) is 5.95. The molecular formula is C15H18N2O. The van der Waals surface area contributed by atoms with E-state index in [1.807, 2.05) is 18.2 Å². The molecule has 0 atom stereocenters. The van der Waals surface area contributed by atoms with Crippen molar-refractivity contribution in [2.45, 2.75) is 26.2 Å². The molecule has 0 aliphatic rings. The molecule has 2 N–H and O–H groups in total. The number of aromatic nitrogens is 1. The molecule has 1 aromatic carbocycles. The Morgan fingerprint density at radius 3 is 2.56 bits per heavy atom. The van der Waals surface area contributed by atoms with Gasteiger partial charge < -0.3 is 10.5 Å². The standard InChI is InChI=1S/C15H18N2O/c1-15(2,3)11-5-4-6-13(9-11)18-14-10-12(16)7-8-17-14/h4-10H,1-3H3,(H2,16,17). The monoisotopic (exact) mass is 242 g/mol. The van der Waals surface area contributed by atoms with Gasteiger partial charge in [-0.2, -0.15) is 0 Å². The van der Waals surface area contributed by atoms with Crippen LogP contribution in [0.4, 0.5) is 5.69 Å². The number of pyridine rings is 1. The molecule has 2 rings (SSSR count). The van der Waals surface area contributed by atoms with Crippen molar-refractivity contribution in [1.29, 1.82) is 0 Å². The summed E-state index contributed by atoms with van der Waals surface area (Å²) in [6, 6.07) is 11.5. The molecule has 0 amide bonds. The summed E-state index contributed by atoms with van der Waals surface area (Å²) in [5.41, 5.74) is 7.66. The number of hydrogen-bond acceptors (Lipinski definition) is 3. The van der Waals surface area contributed by atoms with Gasteiger partial charge in [-0.1, -0.05) is 32.9 Å². The summed E-state index contributed by atoms with van der Waals surface area (Å²) >= 11 is 0. The van der Waals surface area contributed by atoms with Crippen LogP contribution in [0.5, 0.6) is 11.6 Å². The van der Waals surface area contributed by atoms with Gasteiger partial charge in [-0.3, -0.25) is 0 Å². The number of anilines is 1. The molecule has 0 aliphatic carbocycles. The van der Waals surface area contributed by atoms with Gasteiger partial charge in [0.05, 0.1) is 0 Å². The highest BCUT2D eigenvalue weighted by molar-refractivity contribution is 5.41. The molecule has 0 bridgehead atoms. The van der Waals surface area contributed by atoms with E-state index in [4.69, 9.17) is 10.5 Å². The summed E-state index contributed by atoms with van der Waals surface area (Å²) < 4.78 is 5.70. The summed E-state index contributed by atoms with van der Waals surface area (Å²) in [5.74, 6) is 1.29. The van der Waals surface area contributed by atoms with Crippen molar-refractivity contribution in [3.05, 3.63) is 48.2 Å². The second-order valence-electron chi connectivity index (χ2n) is 5.31. The summed E-state index contributed by atoms with van der Waals surface area (Å²) in [5, 5.41) is 0. The van der Waals surface area contributed by atoms with Crippen LogP contribution in [0.1, 0.15) is 26.3 Å². The fourth-order valence-electron chi connectivity index (χ4n) is 1.63. The topological polar surface area (TPSA) is 48.1 Å². The van der Waals surface area contributed by atoms with Crippen molar-refractivity contribution in [3.63, 3.8) is 0 Å². The first-order chi connectivity index (χ1) is 8.45. The molecular weight excluding hydrogens is 224 g/mol. The zero-order valence-electron chi connectivity index (χ0n) is 11.0. The quantitative estimate of drug-likeness (QED) is 0.872. The van der Waals surface area contributed by atoms with Crippen molar-refractivity contribution in [3.8, 4) is 11.6 Å². The third-order valence-electron chi connectivity index (χ3n) is 2.68. The Balaban J connectivity index is 2.25. The van der Waals surface area contributed by atoms with E-state index < -0.39 is 0 Å². The molecule has 3 nitrogen and oxygen atoms in total. The van der Waals surface area contributed by atoms with Crippen LogP contribution < -0.4 is 10.5 Å². The van der Waals surface area contributed by atoms with Crippen LogP contribution in [-0.4, -0.2) is 4.98 Å². The Hall–Kier alpha value is -2.03. The molecule has 1 aromatic heterocycles. The molecule has 2 aromatic rings. The van der Waals surface area contributed by atoms with Crippen LogP contribution in [0.3, 0.4) is 0 Å². The molecule has 0 saturated heterocycles. The van der Waals surface area contributed by atoms with Crippen LogP contribution in [-0.2, 0) is 5.41 Å². The molecule has 94 valence electrons. The van der Waals surface area contributed by atoms with Crippen LogP contribution in [0.2, 0.25) is 0 Å². The zero-order valence-corrected chi connectivity index (χ0v) is 11.0. The first kappa shape index (κ1) is 12.4. The van der Waals surface area contributed by atoms with Crippen LogP contribution in [0.25, 0.3) is 0 Å². The lowest BCUT2D eigenvalue weighted by molar-refractivity contribution is 0.460. The van der Waals surface area contributed by atoms with E-state index in [1.54, 1.807) is 18.3 Å². The van der Waals surface area contributed by atoms with E-state index in [2.05, 4.69) is 31.8 Å². The predicted octanol–water partition coefficient (Wildman–Crippen LogP) is 3.75. The van der Waals surface area contributed by atoms with Crippen LogP contribution >= 0.6 is 0 Å². The van der Waals surface area contributed by atoms with Crippen LogP contribution in [0.15, 0.2) is 42.6 Å². The molecule has 0 spiro atoms. The number of nitrogens with zero attached hydrogens (tertiary/aromatic N) is 1. The second-order valence-corrected chi connectivity index (χ2v) is 5.31. The Morgan fingerprint density at radius 1 is 1.11 bits per heavy atom. The Labute approximate surface area is 108 Å². The second kappa shape index (κ2) is 4.69. The molecule has 0 saturated carbocycles. The average Bonchev–Trinajstić information content (AvgIpc) is 2.28. The van der Waals surface area contributed by atoms with Crippen molar-refractivity contribution < 1.29 is 4.74 Å².